The predicted molar refractivity (Wildman–Crippen MR) is 81.2 cm³/mol. The van der Waals surface area contributed by atoms with E-state index >= 15 is 0 Å². The summed E-state index contributed by atoms with van der Waals surface area (Å²) in [6, 6.07) is 0. The maximum absolute atomic E-state index is 4.31. The van der Waals surface area contributed by atoms with Crippen molar-refractivity contribution in [2.75, 3.05) is 13.1 Å². The number of aryl methyl sites for hydroxylation is 2. The van der Waals surface area contributed by atoms with Crippen LogP contribution in [0.2, 0.25) is 0 Å². The third kappa shape index (κ3) is 4.91. The van der Waals surface area contributed by atoms with Crippen LogP contribution in [-0.4, -0.2) is 18.1 Å². The molecule has 1 unspecified atom stereocenters. The van der Waals surface area contributed by atoms with Crippen molar-refractivity contribution in [2.45, 2.75) is 40.5 Å². The number of rotatable bonds is 8. The van der Waals surface area contributed by atoms with Gasteiger partial charge >= 0.3 is 0 Å². The molecule has 0 radical (unpaired) electrons. The molecule has 2 nitrogen and oxygen atoms in total. The van der Waals surface area contributed by atoms with Crippen LogP contribution in [0.5, 0.6) is 0 Å². The highest BCUT2D eigenvalue weighted by molar-refractivity contribution is 7.09. The van der Waals surface area contributed by atoms with Crippen molar-refractivity contribution in [1.82, 2.24) is 10.3 Å². The first-order valence-corrected chi connectivity index (χ1v) is 7.58. The number of hydrogen-bond acceptors (Lipinski definition) is 3. The molecular weight excluding hydrogens is 240 g/mol. The molecule has 0 aliphatic carbocycles. The van der Waals surface area contributed by atoms with Crippen LogP contribution in [0.4, 0.5) is 0 Å². The van der Waals surface area contributed by atoms with E-state index in [4.69, 9.17) is 0 Å². The minimum atomic E-state index is 0.172. The molecule has 0 saturated carbocycles. The third-order valence-corrected chi connectivity index (χ3v) is 4.34. The van der Waals surface area contributed by atoms with Gasteiger partial charge in [-0.15, -0.1) is 17.9 Å². The first kappa shape index (κ1) is 15.4. The van der Waals surface area contributed by atoms with Gasteiger partial charge in [-0.25, -0.2) is 4.98 Å². The molecule has 0 fully saturated rings. The van der Waals surface area contributed by atoms with E-state index in [1.54, 1.807) is 11.3 Å². The molecule has 3 heteroatoms. The summed E-state index contributed by atoms with van der Waals surface area (Å²) in [6.45, 7) is 14.9. The molecule has 1 atom stereocenters. The molecule has 1 N–H and O–H groups in total. The Kier molecular flexibility index (Phi) is 6.03. The second-order valence-corrected chi connectivity index (χ2v) is 6.68. The lowest BCUT2D eigenvalue weighted by molar-refractivity contribution is 0.355. The topological polar surface area (TPSA) is 24.9 Å². The maximum atomic E-state index is 4.31. The molecule has 0 aromatic carbocycles. The Morgan fingerprint density at radius 2 is 2.28 bits per heavy atom. The minimum Gasteiger partial charge on any atom is -0.316 e. The summed E-state index contributed by atoms with van der Waals surface area (Å²) < 4.78 is 0. The standard InChI is InChI=1S/C15H26N2S/c1-6-15(5,10-16-9-12(2)3)8-7-14-13(4)17-11-18-14/h6,11-12,16H,1,7-10H2,2-5H3. The quantitative estimate of drug-likeness (QED) is 0.724. The van der Waals surface area contributed by atoms with Crippen LogP contribution in [-0.2, 0) is 6.42 Å². The van der Waals surface area contributed by atoms with Crippen molar-refractivity contribution in [3.05, 3.63) is 28.7 Å². The molecule has 0 bridgehead atoms. The summed E-state index contributed by atoms with van der Waals surface area (Å²) in [5.41, 5.74) is 3.29. The van der Waals surface area contributed by atoms with E-state index in [2.05, 4.69) is 50.7 Å². The van der Waals surface area contributed by atoms with Gasteiger partial charge in [-0.2, -0.15) is 0 Å². The van der Waals surface area contributed by atoms with Crippen LogP contribution in [0, 0.1) is 18.3 Å². The van der Waals surface area contributed by atoms with Gasteiger partial charge in [0.2, 0.25) is 0 Å². The Morgan fingerprint density at radius 3 is 2.78 bits per heavy atom. The monoisotopic (exact) mass is 266 g/mol. The third-order valence-electron chi connectivity index (χ3n) is 3.34. The molecule has 0 spiro atoms. The fourth-order valence-corrected chi connectivity index (χ4v) is 2.66. The van der Waals surface area contributed by atoms with Crippen LogP contribution in [0.25, 0.3) is 0 Å². The zero-order valence-electron chi connectivity index (χ0n) is 12.1. The largest absolute Gasteiger partial charge is 0.316 e. The normalized spacial score (nSPS) is 14.7. The van der Waals surface area contributed by atoms with Gasteiger partial charge in [0.15, 0.2) is 0 Å². The van der Waals surface area contributed by atoms with Gasteiger partial charge in [0, 0.05) is 11.4 Å². The molecule has 0 amide bonds. The molecule has 0 aliphatic rings. The highest BCUT2D eigenvalue weighted by atomic mass is 32.1. The molecule has 0 saturated heterocycles. The van der Waals surface area contributed by atoms with Gasteiger partial charge in [0.1, 0.15) is 0 Å². The van der Waals surface area contributed by atoms with Gasteiger partial charge in [-0.05, 0) is 37.6 Å². The lowest BCUT2D eigenvalue weighted by Crippen LogP contribution is -2.32. The van der Waals surface area contributed by atoms with Gasteiger partial charge in [0.05, 0.1) is 11.2 Å². The van der Waals surface area contributed by atoms with Crippen LogP contribution >= 0.6 is 11.3 Å². The van der Waals surface area contributed by atoms with Crippen LogP contribution in [0.15, 0.2) is 18.2 Å². The first-order valence-electron chi connectivity index (χ1n) is 6.70. The highest BCUT2D eigenvalue weighted by Gasteiger charge is 2.20. The predicted octanol–water partition coefficient (Wildman–Crippen LogP) is 3.82. The second-order valence-electron chi connectivity index (χ2n) is 5.74. The van der Waals surface area contributed by atoms with Crippen molar-refractivity contribution in [2.24, 2.45) is 11.3 Å². The Hall–Kier alpha value is -0.670. The van der Waals surface area contributed by atoms with Gasteiger partial charge in [-0.3, -0.25) is 0 Å². The number of hydrogen-bond donors (Lipinski definition) is 1. The average Bonchev–Trinajstić information content (AvgIpc) is 2.72. The molecule has 18 heavy (non-hydrogen) atoms. The van der Waals surface area contributed by atoms with Crippen molar-refractivity contribution in [3.8, 4) is 0 Å². The number of aromatic nitrogens is 1. The van der Waals surface area contributed by atoms with Gasteiger partial charge in [-0.1, -0.05) is 26.8 Å². The van der Waals surface area contributed by atoms with E-state index in [9.17, 15) is 0 Å². The van der Waals surface area contributed by atoms with Gasteiger partial charge in [0.25, 0.3) is 0 Å². The Balaban J connectivity index is 2.44. The Bertz CT molecular complexity index is 370. The van der Waals surface area contributed by atoms with E-state index < -0.39 is 0 Å². The van der Waals surface area contributed by atoms with Crippen molar-refractivity contribution in [1.29, 1.82) is 0 Å². The lowest BCUT2D eigenvalue weighted by Gasteiger charge is -2.26. The summed E-state index contributed by atoms with van der Waals surface area (Å²) in [7, 11) is 0. The van der Waals surface area contributed by atoms with E-state index in [1.807, 2.05) is 5.51 Å². The van der Waals surface area contributed by atoms with Crippen LogP contribution < -0.4 is 5.32 Å². The first-order chi connectivity index (χ1) is 8.47. The molecule has 1 heterocycles. The molecule has 1 rings (SSSR count). The molecule has 1 aromatic rings. The van der Waals surface area contributed by atoms with Crippen molar-refractivity contribution >= 4 is 11.3 Å². The Morgan fingerprint density at radius 1 is 1.56 bits per heavy atom. The number of thiazole rings is 1. The van der Waals surface area contributed by atoms with E-state index in [1.165, 1.54) is 10.6 Å². The summed E-state index contributed by atoms with van der Waals surface area (Å²) in [4.78, 5) is 5.71. The molecule has 0 aliphatic heterocycles. The summed E-state index contributed by atoms with van der Waals surface area (Å²) in [5, 5.41) is 3.54. The maximum Gasteiger partial charge on any atom is 0.0797 e. The average molecular weight is 266 g/mol. The zero-order chi connectivity index (χ0) is 13.6. The zero-order valence-corrected chi connectivity index (χ0v) is 12.9. The molecule has 1 aromatic heterocycles. The van der Waals surface area contributed by atoms with E-state index in [-0.39, 0.29) is 5.41 Å². The molecule has 102 valence electrons. The van der Waals surface area contributed by atoms with Gasteiger partial charge < -0.3 is 5.32 Å². The van der Waals surface area contributed by atoms with E-state index in [0.717, 1.165) is 25.9 Å². The number of nitrogens with zero attached hydrogens (tertiary/aromatic N) is 1. The SMILES string of the molecule is C=CC(C)(CCc1scnc1C)CNCC(C)C. The smallest absolute Gasteiger partial charge is 0.0797 e. The fraction of sp³-hybridized carbons (Fsp3) is 0.667. The Labute approximate surface area is 116 Å². The lowest BCUT2D eigenvalue weighted by atomic mass is 9.85. The van der Waals surface area contributed by atoms with Crippen molar-refractivity contribution < 1.29 is 0 Å². The molecular formula is C15H26N2S. The summed E-state index contributed by atoms with van der Waals surface area (Å²) in [6.07, 6.45) is 4.32. The van der Waals surface area contributed by atoms with Crippen LogP contribution in [0.1, 0.15) is 37.8 Å². The summed E-state index contributed by atoms with van der Waals surface area (Å²) in [5.74, 6) is 0.697. The fourth-order valence-electron chi connectivity index (χ4n) is 1.87. The highest BCUT2D eigenvalue weighted by Crippen LogP contribution is 2.26. The van der Waals surface area contributed by atoms with E-state index in [0.29, 0.717) is 5.92 Å². The van der Waals surface area contributed by atoms with Crippen LogP contribution in [0.3, 0.4) is 0 Å². The number of nitrogens with one attached hydrogen (secondary N) is 1. The van der Waals surface area contributed by atoms with Crippen molar-refractivity contribution in [3.63, 3.8) is 0 Å². The second kappa shape index (κ2) is 7.05. The minimum absolute atomic E-state index is 0.172. The summed E-state index contributed by atoms with van der Waals surface area (Å²) >= 11 is 1.76.